The molecule has 4 nitrogen and oxygen atoms in total. The number of aromatic nitrogens is 2. The molecule has 19 heavy (non-hydrogen) atoms. The van der Waals surface area contributed by atoms with Gasteiger partial charge in [-0.1, -0.05) is 12.2 Å². The van der Waals surface area contributed by atoms with Crippen LogP contribution in [0, 0.1) is 0 Å². The SMILES string of the molecule is NC(=S)c1ccc(N2CCn3ccnc3C2)c(Br)c1. The Hall–Kier alpha value is -1.40. The maximum Gasteiger partial charge on any atom is 0.128 e. The van der Waals surface area contributed by atoms with E-state index in [0.29, 0.717) is 4.99 Å². The Morgan fingerprint density at radius 1 is 1.37 bits per heavy atom. The molecule has 0 unspecified atom stereocenters. The van der Waals surface area contributed by atoms with Gasteiger partial charge in [0.2, 0.25) is 0 Å². The van der Waals surface area contributed by atoms with Gasteiger partial charge in [0.15, 0.2) is 0 Å². The zero-order chi connectivity index (χ0) is 13.4. The van der Waals surface area contributed by atoms with Crippen LogP contribution in [0.4, 0.5) is 5.69 Å². The third-order valence-electron chi connectivity index (χ3n) is 3.32. The molecule has 3 rings (SSSR count). The van der Waals surface area contributed by atoms with Gasteiger partial charge in [-0.05, 0) is 34.1 Å². The van der Waals surface area contributed by atoms with Gasteiger partial charge in [-0.15, -0.1) is 0 Å². The lowest BCUT2D eigenvalue weighted by molar-refractivity contribution is 0.559. The monoisotopic (exact) mass is 336 g/mol. The van der Waals surface area contributed by atoms with Crippen molar-refractivity contribution in [3.05, 3.63) is 46.5 Å². The molecule has 1 aromatic carbocycles. The Balaban J connectivity index is 1.90. The summed E-state index contributed by atoms with van der Waals surface area (Å²) in [5.41, 5.74) is 7.67. The summed E-state index contributed by atoms with van der Waals surface area (Å²) in [4.78, 5) is 7.09. The molecule has 0 fully saturated rings. The number of rotatable bonds is 2. The standard InChI is InChI=1S/C13H13BrN4S/c14-10-7-9(13(15)19)1-2-11(10)18-6-5-17-4-3-16-12(17)8-18/h1-4,7H,5-6,8H2,(H2,15,19). The van der Waals surface area contributed by atoms with Gasteiger partial charge in [0.25, 0.3) is 0 Å². The van der Waals surface area contributed by atoms with Crippen molar-refractivity contribution < 1.29 is 0 Å². The fourth-order valence-corrected chi connectivity index (χ4v) is 3.05. The molecular formula is C13H13BrN4S. The van der Waals surface area contributed by atoms with Crippen LogP contribution in [0.25, 0.3) is 0 Å². The summed E-state index contributed by atoms with van der Waals surface area (Å²) in [6, 6.07) is 5.99. The van der Waals surface area contributed by atoms with Gasteiger partial charge >= 0.3 is 0 Å². The van der Waals surface area contributed by atoms with Gasteiger partial charge in [0.1, 0.15) is 10.8 Å². The molecule has 1 aliphatic rings. The van der Waals surface area contributed by atoms with Crippen LogP contribution in [-0.2, 0) is 13.1 Å². The van der Waals surface area contributed by atoms with E-state index in [0.717, 1.165) is 41.2 Å². The molecule has 0 saturated heterocycles. The highest BCUT2D eigenvalue weighted by Gasteiger charge is 2.18. The number of fused-ring (bicyclic) bond motifs is 1. The van der Waals surface area contributed by atoms with Crippen molar-refractivity contribution in [2.24, 2.45) is 5.73 Å². The number of nitrogens with zero attached hydrogens (tertiary/aromatic N) is 3. The molecule has 0 aliphatic carbocycles. The summed E-state index contributed by atoms with van der Waals surface area (Å²) >= 11 is 8.59. The lowest BCUT2D eigenvalue weighted by Gasteiger charge is -2.30. The number of imidazole rings is 1. The quantitative estimate of drug-likeness (QED) is 0.855. The lowest BCUT2D eigenvalue weighted by atomic mass is 10.2. The minimum absolute atomic E-state index is 0.418. The largest absolute Gasteiger partial charge is 0.389 e. The first-order valence-electron chi connectivity index (χ1n) is 5.99. The second-order valence-corrected chi connectivity index (χ2v) is 5.78. The maximum absolute atomic E-state index is 5.64. The summed E-state index contributed by atoms with van der Waals surface area (Å²) in [6.45, 7) is 2.74. The molecular weight excluding hydrogens is 324 g/mol. The topological polar surface area (TPSA) is 47.1 Å². The number of thiocarbonyl (C=S) groups is 1. The van der Waals surface area contributed by atoms with Crippen LogP contribution in [0.15, 0.2) is 35.1 Å². The molecule has 0 atom stereocenters. The molecule has 0 spiro atoms. The predicted octanol–water partition coefficient (Wildman–Crippen LogP) is 2.30. The van der Waals surface area contributed by atoms with Gasteiger partial charge in [0, 0.05) is 35.5 Å². The third-order valence-corrected chi connectivity index (χ3v) is 4.19. The Bertz CT molecular complexity index is 637. The summed E-state index contributed by atoms with van der Waals surface area (Å²) in [5.74, 6) is 1.09. The van der Waals surface area contributed by atoms with Gasteiger partial charge in [-0.3, -0.25) is 0 Å². The minimum Gasteiger partial charge on any atom is -0.389 e. The van der Waals surface area contributed by atoms with Crippen LogP contribution in [0.2, 0.25) is 0 Å². The van der Waals surface area contributed by atoms with Crippen LogP contribution in [-0.4, -0.2) is 21.1 Å². The normalized spacial score (nSPS) is 14.3. The molecule has 2 N–H and O–H groups in total. The van der Waals surface area contributed by atoms with E-state index in [1.807, 2.05) is 24.5 Å². The molecule has 6 heteroatoms. The van der Waals surface area contributed by atoms with Crippen molar-refractivity contribution in [2.45, 2.75) is 13.1 Å². The molecule has 2 heterocycles. The number of hydrogen-bond donors (Lipinski definition) is 1. The highest BCUT2D eigenvalue weighted by Crippen LogP contribution is 2.29. The van der Waals surface area contributed by atoms with Gasteiger partial charge in [-0.2, -0.15) is 0 Å². The second kappa shape index (κ2) is 4.94. The second-order valence-electron chi connectivity index (χ2n) is 4.49. The van der Waals surface area contributed by atoms with Crippen LogP contribution in [0.5, 0.6) is 0 Å². The Kier molecular flexibility index (Phi) is 3.28. The zero-order valence-corrected chi connectivity index (χ0v) is 12.6. The highest BCUT2D eigenvalue weighted by molar-refractivity contribution is 9.10. The first-order chi connectivity index (χ1) is 9.15. The summed E-state index contributed by atoms with van der Waals surface area (Å²) in [6.07, 6.45) is 3.88. The van der Waals surface area contributed by atoms with E-state index in [1.54, 1.807) is 0 Å². The van der Waals surface area contributed by atoms with Gasteiger partial charge < -0.3 is 15.2 Å². The van der Waals surface area contributed by atoms with Crippen molar-refractivity contribution in [3.63, 3.8) is 0 Å². The van der Waals surface area contributed by atoms with E-state index in [2.05, 4.69) is 36.4 Å². The van der Waals surface area contributed by atoms with Crippen molar-refractivity contribution >= 4 is 38.8 Å². The molecule has 0 bridgehead atoms. The van der Waals surface area contributed by atoms with Crippen LogP contribution >= 0.6 is 28.1 Å². The lowest BCUT2D eigenvalue weighted by Crippen LogP contribution is -2.33. The van der Waals surface area contributed by atoms with E-state index >= 15 is 0 Å². The Morgan fingerprint density at radius 2 is 2.21 bits per heavy atom. The summed E-state index contributed by atoms with van der Waals surface area (Å²) < 4.78 is 3.20. The van der Waals surface area contributed by atoms with Crippen molar-refractivity contribution in [3.8, 4) is 0 Å². The highest BCUT2D eigenvalue weighted by atomic mass is 79.9. The van der Waals surface area contributed by atoms with Crippen molar-refractivity contribution in [2.75, 3.05) is 11.4 Å². The Morgan fingerprint density at radius 3 is 2.95 bits per heavy atom. The fourth-order valence-electron chi connectivity index (χ4n) is 2.30. The average molecular weight is 337 g/mol. The predicted molar refractivity (Wildman–Crippen MR) is 83.3 cm³/mol. The summed E-state index contributed by atoms with van der Waals surface area (Å²) in [7, 11) is 0. The number of nitrogens with two attached hydrogens (primary N) is 1. The average Bonchev–Trinajstić information content (AvgIpc) is 2.85. The molecule has 1 aliphatic heterocycles. The maximum atomic E-state index is 5.64. The van der Waals surface area contributed by atoms with E-state index in [4.69, 9.17) is 18.0 Å². The van der Waals surface area contributed by atoms with Crippen molar-refractivity contribution in [1.82, 2.24) is 9.55 Å². The third kappa shape index (κ3) is 2.37. The van der Waals surface area contributed by atoms with E-state index in [9.17, 15) is 0 Å². The van der Waals surface area contributed by atoms with Crippen LogP contribution in [0.1, 0.15) is 11.4 Å². The molecule has 0 radical (unpaired) electrons. The van der Waals surface area contributed by atoms with E-state index < -0.39 is 0 Å². The minimum atomic E-state index is 0.418. The van der Waals surface area contributed by atoms with E-state index in [-0.39, 0.29) is 0 Å². The molecule has 2 aromatic rings. The van der Waals surface area contributed by atoms with Crippen molar-refractivity contribution in [1.29, 1.82) is 0 Å². The van der Waals surface area contributed by atoms with Gasteiger partial charge in [0.05, 0.1) is 12.2 Å². The first kappa shape index (κ1) is 12.6. The smallest absolute Gasteiger partial charge is 0.128 e. The van der Waals surface area contributed by atoms with Gasteiger partial charge in [-0.25, -0.2) is 4.98 Å². The zero-order valence-electron chi connectivity index (χ0n) is 10.2. The van der Waals surface area contributed by atoms with Crippen LogP contribution < -0.4 is 10.6 Å². The first-order valence-corrected chi connectivity index (χ1v) is 7.19. The molecule has 1 aromatic heterocycles. The van der Waals surface area contributed by atoms with Crippen LogP contribution in [0.3, 0.4) is 0 Å². The number of halogens is 1. The number of benzene rings is 1. The number of hydrogen-bond acceptors (Lipinski definition) is 3. The fraction of sp³-hybridized carbons (Fsp3) is 0.231. The number of anilines is 1. The Labute approximate surface area is 125 Å². The molecule has 98 valence electrons. The molecule has 0 saturated carbocycles. The van der Waals surface area contributed by atoms with E-state index in [1.165, 1.54) is 0 Å². The molecule has 0 amide bonds. The summed E-state index contributed by atoms with van der Waals surface area (Å²) in [5, 5.41) is 0.